The number of rotatable bonds is 4. The Hall–Kier alpha value is -5.73. The van der Waals surface area contributed by atoms with E-state index in [1.807, 2.05) is 18.5 Å². The van der Waals surface area contributed by atoms with E-state index in [0.29, 0.717) is 5.92 Å². The topological polar surface area (TPSA) is 17.8 Å². The first kappa shape index (κ1) is 30.1. The van der Waals surface area contributed by atoms with E-state index in [9.17, 15) is 0 Å². The van der Waals surface area contributed by atoms with Crippen LogP contribution in [0.1, 0.15) is 56.2 Å². The summed E-state index contributed by atoms with van der Waals surface area (Å²) in [6.07, 6.45) is 9.73. The smallest absolute Gasteiger partial charge is 0.0541 e. The second-order valence-corrected chi connectivity index (χ2v) is 15.5. The van der Waals surface area contributed by atoms with Crippen molar-refractivity contribution >= 4 is 38.7 Å². The fourth-order valence-corrected chi connectivity index (χ4v) is 9.04. The van der Waals surface area contributed by atoms with Crippen LogP contribution in [0.5, 0.6) is 0 Å². The molecular weight excluding hydrogens is 617 g/mol. The van der Waals surface area contributed by atoms with Gasteiger partial charge in [0.1, 0.15) is 0 Å². The molecule has 8 aromatic rings. The highest BCUT2D eigenvalue weighted by atomic mass is 15.0. The third-order valence-corrected chi connectivity index (χ3v) is 11.6. The molecule has 51 heavy (non-hydrogen) atoms. The molecular formula is C49H40N2. The first-order valence-corrected chi connectivity index (χ1v) is 18.4. The molecule has 0 saturated heterocycles. The molecule has 0 bridgehead atoms. The largest absolute Gasteiger partial charge is 0.309 e. The van der Waals surface area contributed by atoms with Crippen molar-refractivity contribution in [1.82, 2.24) is 9.55 Å². The number of nitrogens with zero attached hydrogens (tertiary/aromatic N) is 2. The lowest BCUT2D eigenvalue weighted by Gasteiger charge is -2.37. The Bertz CT molecular complexity index is 2630. The van der Waals surface area contributed by atoms with Crippen LogP contribution in [-0.4, -0.2) is 9.55 Å². The van der Waals surface area contributed by atoms with E-state index in [1.165, 1.54) is 83.6 Å². The fraction of sp³-hybridized carbons (Fsp3) is 0.163. The van der Waals surface area contributed by atoms with Crippen molar-refractivity contribution in [3.05, 3.63) is 162 Å². The summed E-state index contributed by atoms with van der Waals surface area (Å²) in [5.74, 6) is 0.551. The molecule has 2 aliphatic carbocycles. The van der Waals surface area contributed by atoms with E-state index < -0.39 is 0 Å². The number of benzene rings is 6. The number of hydrogen-bond acceptors (Lipinski definition) is 1. The summed E-state index contributed by atoms with van der Waals surface area (Å²) in [5.41, 5.74) is 17.4. The molecule has 0 spiro atoms. The van der Waals surface area contributed by atoms with Gasteiger partial charge in [0.25, 0.3) is 0 Å². The fourth-order valence-electron chi connectivity index (χ4n) is 9.04. The van der Waals surface area contributed by atoms with Gasteiger partial charge in [0.05, 0.1) is 11.0 Å². The quantitative estimate of drug-likeness (QED) is 0.184. The molecule has 2 aromatic heterocycles. The van der Waals surface area contributed by atoms with Gasteiger partial charge in [-0.05, 0) is 128 Å². The predicted octanol–water partition coefficient (Wildman–Crippen LogP) is 13.2. The third kappa shape index (κ3) is 4.81. The summed E-state index contributed by atoms with van der Waals surface area (Å²) in [6.45, 7) is 7.11. The Labute approximate surface area is 299 Å². The normalized spacial score (nSPS) is 15.4. The van der Waals surface area contributed by atoms with E-state index in [1.54, 1.807) is 11.1 Å². The van der Waals surface area contributed by atoms with Crippen molar-refractivity contribution in [1.29, 1.82) is 0 Å². The monoisotopic (exact) mass is 656 g/mol. The Kier molecular flexibility index (Phi) is 6.73. The second kappa shape index (κ2) is 11.4. The van der Waals surface area contributed by atoms with Crippen molar-refractivity contribution in [3.63, 3.8) is 0 Å². The first-order chi connectivity index (χ1) is 24.9. The molecule has 0 amide bonds. The lowest BCUT2D eigenvalue weighted by molar-refractivity contribution is 0.455. The molecule has 0 aliphatic heterocycles. The molecule has 6 aromatic carbocycles. The molecule has 1 atom stereocenters. The maximum absolute atomic E-state index is 4.37. The lowest BCUT2D eigenvalue weighted by Crippen LogP contribution is -2.20. The van der Waals surface area contributed by atoms with Crippen LogP contribution in [0.15, 0.2) is 145 Å². The van der Waals surface area contributed by atoms with Crippen LogP contribution in [0, 0.1) is 5.41 Å². The van der Waals surface area contributed by atoms with Gasteiger partial charge in [-0.15, -0.1) is 0 Å². The molecule has 0 radical (unpaired) electrons. The van der Waals surface area contributed by atoms with Crippen LogP contribution in [0.3, 0.4) is 0 Å². The Morgan fingerprint density at radius 3 is 2.08 bits per heavy atom. The van der Waals surface area contributed by atoms with Gasteiger partial charge in [0, 0.05) is 28.9 Å². The summed E-state index contributed by atoms with van der Waals surface area (Å²) < 4.78 is 2.43. The maximum atomic E-state index is 4.37. The van der Waals surface area contributed by atoms with Gasteiger partial charge >= 0.3 is 0 Å². The van der Waals surface area contributed by atoms with Gasteiger partial charge < -0.3 is 4.57 Å². The molecule has 2 heteroatoms. The van der Waals surface area contributed by atoms with E-state index in [-0.39, 0.29) is 5.41 Å². The van der Waals surface area contributed by atoms with Crippen LogP contribution in [0.2, 0.25) is 0 Å². The Morgan fingerprint density at radius 1 is 0.627 bits per heavy atom. The number of para-hydroxylation sites is 2. The minimum atomic E-state index is 0.170. The van der Waals surface area contributed by atoms with Gasteiger partial charge in [-0.2, -0.15) is 0 Å². The van der Waals surface area contributed by atoms with Crippen LogP contribution in [0.25, 0.3) is 77.7 Å². The lowest BCUT2D eigenvalue weighted by atomic mass is 9.67. The van der Waals surface area contributed by atoms with Crippen LogP contribution in [-0.2, 0) is 6.42 Å². The highest BCUT2D eigenvalue weighted by molar-refractivity contribution is 6.10. The van der Waals surface area contributed by atoms with Crippen LogP contribution >= 0.6 is 0 Å². The van der Waals surface area contributed by atoms with Crippen LogP contribution < -0.4 is 0 Å². The Morgan fingerprint density at radius 2 is 1.35 bits per heavy atom. The number of aromatic nitrogens is 2. The zero-order chi connectivity index (χ0) is 34.3. The van der Waals surface area contributed by atoms with Crippen molar-refractivity contribution in [3.8, 4) is 39.1 Å². The van der Waals surface area contributed by atoms with Crippen molar-refractivity contribution < 1.29 is 0 Å². The van der Waals surface area contributed by atoms with Gasteiger partial charge in [-0.25, -0.2) is 0 Å². The number of aryl methyl sites for hydroxylation is 1. The summed E-state index contributed by atoms with van der Waals surface area (Å²) in [4.78, 5) is 4.37. The first-order valence-electron chi connectivity index (χ1n) is 18.4. The average Bonchev–Trinajstić information content (AvgIpc) is 3.51. The summed E-state index contributed by atoms with van der Waals surface area (Å²) in [7, 11) is 0. The zero-order valence-electron chi connectivity index (χ0n) is 29.4. The van der Waals surface area contributed by atoms with E-state index in [0.717, 1.165) is 18.4 Å². The van der Waals surface area contributed by atoms with Gasteiger partial charge in [-0.3, -0.25) is 4.98 Å². The highest BCUT2D eigenvalue weighted by Crippen LogP contribution is 2.52. The SMILES string of the molecule is CC(C)(C)C1=Cc2ccc3c(-c4cccc(-n5c6ccccc6c6ccccc65)c4)cc(-c4ccc(-c5cccnc5)cc4)c4c3c2C(CC4)C1. The zero-order valence-corrected chi connectivity index (χ0v) is 29.4. The number of allylic oxidation sites excluding steroid dienone is 1. The average molecular weight is 657 g/mol. The minimum Gasteiger partial charge on any atom is -0.309 e. The third-order valence-electron chi connectivity index (χ3n) is 11.6. The molecule has 0 fully saturated rings. The Balaban J connectivity index is 1.22. The van der Waals surface area contributed by atoms with Crippen molar-refractivity contribution in [2.45, 2.75) is 46.0 Å². The summed E-state index contributed by atoms with van der Waals surface area (Å²) in [5, 5.41) is 5.43. The molecule has 2 nitrogen and oxygen atoms in total. The molecule has 246 valence electrons. The number of hydrogen-bond donors (Lipinski definition) is 0. The molecule has 0 N–H and O–H groups in total. The van der Waals surface area contributed by atoms with Crippen molar-refractivity contribution in [2.24, 2.45) is 5.41 Å². The molecule has 10 rings (SSSR count). The van der Waals surface area contributed by atoms with Gasteiger partial charge in [0.2, 0.25) is 0 Å². The molecule has 2 aliphatic rings. The van der Waals surface area contributed by atoms with E-state index in [2.05, 4.69) is 158 Å². The summed E-state index contributed by atoms with van der Waals surface area (Å²) in [6, 6.07) is 47.4. The maximum Gasteiger partial charge on any atom is 0.0541 e. The highest BCUT2D eigenvalue weighted by Gasteiger charge is 2.33. The molecule has 2 heterocycles. The second-order valence-electron chi connectivity index (χ2n) is 15.5. The molecule has 1 unspecified atom stereocenters. The minimum absolute atomic E-state index is 0.170. The van der Waals surface area contributed by atoms with Gasteiger partial charge in [0.15, 0.2) is 0 Å². The van der Waals surface area contributed by atoms with E-state index >= 15 is 0 Å². The summed E-state index contributed by atoms with van der Waals surface area (Å²) >= 11 is 0. The van der Waals surface area contributed by atoms with E-state index in [4.69, 9.17) is 0 Å². The standard InChI is InChI=1S/C49H40N2/c1-49(2,3)37-26-34-21-23-41-43(32-19-17-31(18-20-32)36-11-9-25-50-30-36)29-44(42-24-22-35(27-37)47(34)48(41)42)33-10-8-12-38(28-33)51-45-15-6-4-13-39(45)40-14-5-7-16-46(40)51/h4-20,22,24-25,27-30,34H,21,23,26H2,1-3H3. The number of pyridine rings is 1. The predicted molar refractivity (Wildman–Crippen MR) is 216 cm³/mol. The molecule has 0 saturated carbocycles. The van der Waals surface area contributed by atoms with Crippen molar-refractivity contribution in [2.75, 3.05) is 0 Å². The number of fused-ring (bicyclic) bond motifs is 3. The van der Waals surface area contributed by atoms with Gasteiger partial charge in [-0.1, -0.05) is 123 Å². The van der Waals surface area contributed by atoms with Crippen LogP contribution in [0.4, 0.5) is 0 Å².